The number of carbonyl (C=O) groups is 3. The molecule has 0 spiro atoms. The Morgan fingerprint density at radius 1 is 1.14 bits per heavy atom. The van der Waals surface area contributed by atoms with Gasteiger partial charge in [0.15, 0.2) is 11.6 Å². The zero-order valence-corrected chi connectivity index (χ0v) is 16.1. The van der Waals surface area contributed by atoms with E-state index in [0.29, 0.717) is 4.88 Å². The summed E-state index contributed by atoms with van der Waals surface area (Å²) < 4.78 is 5.53. The summed E-state index contributed by atoms with van der Waals surface area (Å²) in [5.41, 5.74) is 0.380. The standard InChI is InChI=1S/C21H18O6S/c1-11(2)5-8-16(27-21(26)17-4-3-9-28-17)12-10-15(24)18-13(22)6-7-14(23)19(18)20(12)25/h3-7,9-10,16,22-23H,8H2,1-2H3. The lowest BCUT2D eigenvalue weighted by molar-refractivity contribution is 0.0378. The van der Waals surface area contributed by atoms with Crippen molar-refractivity contribution in [2.75, 3.05) is 0 Å². The van der Waals surface area contributed by atoms with E-state index in [1.807, 2.05) is 13.8 Å². The molecule has 0 saturated heterocycles. The van der Waals surface area contributed by atoms with E-state index in [2.05, 4.69) is 0 Å². The topological polar surface area (TPSA) is 101 Å². The second kappa shape index (κ2) is 7.82. The molecule has 0 radical (unpaired) electrons. The first kappa shape index (κ1) is 19.6. The highest BCUT2D eigenvalue weighted by Gasteiger charge is 2.35. The zero-order chi connectivity index (χ0) is 20.4. The predicted octanol–water partition coefficient (Wildman–Crippen LogP) is 4.05. The number of ketones is 2. The number of rotatable bonds is 5. The average molecular weight is 398 g/mol. The number of hydrogen-bond donors (Lipinski definition) is 2. The van der Waals surface area contributed by atoms with Gasteiger partial charge in [0.25, 0.3) is 0 Å². The van der Waals surface area contributed by atoms with Crippen molar-refractivity contribution in [2.24, 2.45) is 0 Å². The minimum absolute atomic E-state index is 0.0409. The van der Waals surface area contributed by atoms with Crippen LogP contribution in [-0.2, 0) is 4.74 Å². The largest absolute Gasteiger partial charge is 0.507 e. The normalized spacial score (nSPS) is 14.1. The summed E-state index contributed by atoms with van der Waals surface area (Å²) in [6.07, 6.45) is 2.05. The lowest BCUT2D eigenvalue weighted by Gasteiger charge is -2.23. The molecule has 1 aliphatic rings. The summed E-state index contributed by atoms with van der Waals surface area (Å²) in [5, 5.41) is 21.8. The van der Waals surface area contributed by atoms with Gasteiger partial charge in [-0.3, -0.25) is 9.59 Å². The number of benzene rings is 1. The van der Waals surface area contributed by atoms with Gasteiger partial charge in [-0.2, -0.15) is 0 Å². The Balaban J connectivity index is 2.01. The Hall–Kier alpha value is -3.19. The molecule has 6 nitrogen and oxygen atoms in total. The zero-order valence-electron chi connectivity index (χ0n) is 15.3. The highest BCUT2D eigenvalue weighted by atomic mass is 32.1. The summed E-state index contributed by atoms with van der Waals surface area (Å²) in [5.74, 6) is -2.70. The van der Waals surface area contributed by atoms with Crippen molar-refractivity contribution in [3.63, 3.8) is 0 Å². The summed E-state index contributed by atoms with van der Waals surface area (Å²) >= 11 is 1.20. The number of allylic oxidation sites excluding steroid dienone is 2. The Morgan fingerprint density at radius 3 is 2.43 bits per heavy atom. The maximum Gasteiger partial charge on any atom is 0.348 e. The van der Waals surface area contributed by atoms with Crippen LogP contribution in [0.5, 0.6) is 11.5 Å². The second-order valence-corrected chi connectivity index (χ2v) is 7.48. The van der Waals surface area contributed by atoms with Crippen LogP contribution in [0.15, 0.2) is 52.9 Å². The molecular weight excluding hydrogens is 380 g/mol. The molecule has 0 bridgehead atoms. The maximum absolute atomic E-state index is 13.0. The minimum atomic E-state index is -1.00. The van der Waals surface area contributed by atoms with Crippen molar-refractivity contribution < 1.29 is 29.3 Å². The molecule has 1 aliphatic carbocycles. The average Bonchev–Trinajstić information content (AvgIpc) is 3.18. The first-order valence-corrected chi connectivity index (χ1v) is 9.41. The van der Waals surface area contributed by atoms with Gasteiger partial charge >= 0.3 is 5.97 Å². The van der Waals surface area contributed by atoms with Crippen LogP contribution in [-0.4, -0.2) is 33.9 Å². The summed E-state index contributed by atoms with van der Waals surface area (Å²) in [6, 6.07) is 5.60. The summed E-state index contributed by atoms with van der Waals surface area (Å²) in [7, 11) is 0. The van der Waals surface area contributed by atoms with Gasteiger partial charge in [-0.05, 0) is 43.5 Å². The molecule has 0 saturated carbocycles. The third-order valence-electron chi connectivity index (χ3n) is 4.24. The van der Waals surface area contributed by atoms with Gasteiger partial charge < -0.3 is 14.9 Å². The molecule has 144 valence electrons. The van der Waals surface area contributed by atoms with Crippen LogP contribution in [0, 0.1) is 0 Å². The molecule has 7 heteroatoms. The maximum atomic E-state index is 13.0. The smallest absolute Gasteiger partial charge is 0.348 e. The van der Waals surface area contributed by atoms with Gasteiger partial charge in [-0.1, -0.05) is 17.7 Å². The molecule has 1 aromatic heterocycles. The number of esters is 1. The number of thiophene rings is 1. The van der Waals surface area contributed by atoms with Crippen molar-refractivity contribution in [1.29, 1.82) is 0 Å². The number of ether oxygens (including phenoxy) is 1. The van der Waals surface area contributed by atoms with E-state index >= 15 is 0 Å². The third kappa shape index (κ3) is 3.75. The first-order valence-electron chi connectivity index (χ1n) is 8.53. The van der Waals surface area contributed by atoms with Crippen LogP contribution in [0.2, 0.25) is 0 Å². The van der Waals surface area contributed by atoms with Crippen molar-refractivity contribution in [2.45, 2.75) is 26.4 Å². The van der Waals surface area contributed by atoms with E-state index in [0.717, 1.165) is 23.8 Å². The van der Waals surface area contributed by atoms with E-state index in [9.17, 15) is 24.6 Å². The van der Waals surface area contributed by atoms with Crippen LogP contribution in [0.1, 0.15) is 50.7 Å². The quantitative estimate of drug-likeness (QED) is 0.448. The Labute approximate surface area is 165 Å². The van der Waals surface area contributed by atoms with Gasteiger partial charge in [0.05, 0.1) is 11.1 Å². The van der Waals surface area contributed by atoms with E-state index in [4.69, 9.17) is 4.74 Å². The number of aromatic hydroxyl groups is 2. The highest BCUT2D eigenvalue weighted by molar-refractivity contribution is 7.11. The van der Waals surface area contributed by atoms with Crippen molar-refractivity contribution >= 4 is 28.9 Å². The van der Waals surface area contributed by atoms with Gasteiger partial charge in [-0.25, -0.2) is 4.79 Å². The predicted molar refractivity (Wildman–Crippen MR) is 104 cm³/mol. The van der Waals surface area contributed by atoms with Crippen LogP contribution in [0.25, 0.3) is 0 Å². The van der Waals surface area contributed by atoms with Crippen molar-refractivity contribution in [3.8, 4) is 11.5 Å². The molecule has 1 unspecified atom stereocenters. The fraction of sp³-hybridized carbons (Fsp3) is 0.190. The molecule has 28 heavy (non-hydrogen) atoms. The monoisotopic (exact) mass is 398 g/mol. The van der Waals surface area contributed by atoms with E-state index in [1.54, 1.807) is 23.6 Å². The number of hydrogen-bond acceptors (Lipinski definition) is 7. The van der Waals surface area contributed by atoms with Crippen molar-refractivity contribution in [1.82, 2.24) is 0 Å². The van der Waals surface area contributed by atoms with Crippen molar-refractivity contribution in [3.05, 3.63) is 68.9 Å². The molecule has 2 N–H and O–H groups in total. The summed E-state index contributed by atoms with van der Waals surface area (Å²) in [4.78, 5) is 38.3. The van der Waals surface area contributed by atoms with Crippen LogP contribution in [0.4, 0.5) is 0 Å². The van der Waals surface area contributed by atoms with Gasteiger partial charge in [0, 0.05) is 12.0 Å². The first-order chi connectivity index (χ1) is 13.3. The molecular formula is C21H18O6S. The molecule has 3 rings (SSSR count). The molecule has 1 aromatic carbocycles. The second-order valence-electron chi connectivity index (χ2n) is 6.54. The lowest BCUT2D eigenvalue weighted by Crippen LogP contribution is -2.29. The fourth-order valence-electron chi connectivity index (χ4n) is 2.89. The minimum Gasteiger partial charge on any atom is -0.507 e. The summed E-state index contributed by atoms with van der Waals surface area (Å²) in [6.45, 7) is 3.72. The van der Waals surface area contributed by atoms with Gasteiger partial charge in [-0.15, -0.1) is 11.3 Å². The SMILES string of the molecule is CC(C)=CCC(OC(=O)c1cccs1)C1=CC(=O)c2c(O)ccc(O)c2C1=O. The fourth-order valence-corrected chi connectivity index (χ4v) is 3.49. The highest BCUT2D eigenvalue weighted by Crippen LogP contribution is 2.36. The molecule has 1 heterocycles. The van der Waals surface area contributed by atoms with Gasteiger partial charge in [0.1, 0.15) is 22.5 Å². The number of phenols is 2. The number of phenolic OH excluding ortho intramolecular Hbond substituents is 2. The number of Topliss-reactive ketones (excluding diaryl/α,β-unsaturated/α-hetero) is 1. The molecule has 0 fully saturated rings. The Morgan fingerprint density at radius 2 is 1.82 bits per heavy atom. The van der Waals surface area contributed by atoms with Crippen LogP contribution < -0.4 is 0 Å². The van der Waals surface area contributed by atoms with Gasteiger partial charge in [0.2, 0.25) is 0 Å². The molecule has 0 amide bonds. The molecule has 2 aromatic rings. The van der Waals surface area contributed by atoms with Crippen LogP contribution >= 0.6 is 11.3 Å². The Bertz CT molecular complexity index is 1010. The lowest BCUT2D eigenvalue weighted by atomic mass is 9.85. The number of fused-ring (bicyclic) bond motifs is 1. The van der Waals surface area contributed by atoms with Crippen LogP contribution in [0.3, 0.4) is 0 Å². The molecule has 0 aliphatic heterocycles. The van der Waals surface area contributed by atoms with E-state index in [-0.39, 0.29) is 23.1 Å². The van der Waals surface area contributed by atoms with E-state index in [1.165, 1.54) is 11.3 Å². The third-order valence-corrected chi connectivity index (χ3v) is 5.09. The van der Waals surface area contributed by atoms with E-state index < -0.39 is 35.1 Å². The number of carbonyl (C=O) groups excluding carboxylic acids is 3. The Kier molecular flexibility index (Phi) is 5.46. The molecule has 1 atom stereocenters.